The molecule has 0 aliphatic heterocycles. The Hall–Kier alpha value is -1.02. The maximum atomic E-state index is 11.3. The largest absolute Gasteiger partial charge is 0.493 e. The molecule has 0 heterocycles. The van der Waals surface area contributed by atoms with Crippen molar-refractivity contribution in [2.75, 3.05) is 6.61 Å². The maximum absolute atomic E-state index is 11.3. The fourth-order valence-electron chi connectivity index (χ4n) is 2.44. The molecule has 0 unspecified atom stereocenters. The second kappa shape index (κ2) is 6.24. The van der Waals surface area contributed by atoms with Crippen LogP contribution >= 0.6 is 11.6 Å². The maximum Gasteiger partial charge on any atom is 0.161 e. The Morgan fingerprint density at radius 1 is 1.33 bits per heavy atom. The second-order valence-corrected chi connectivity index (χ2v) is 5.42. The van der Waals surface area contributed by atoms with Gasteiger partial charge in [-0.2, -0.15) is 0 Å². The fraction of sp³-hybridized carbons (Fsp3) is 0.533. The number of benzene rings is 1. The van der Waals surface area contributed by atoms with Gasteiger partial charge < -0.3 is 4.74 Å². The van der Waals surface area contributed by atoms with Gasteiger partial charge in [-0.25, -0.2) is 0 Å². The first-order valence-electron chi connectivity index (χ1n) is 6.60. The van der Waals surface area contributed by atoms with Crippen LogP contribution in [0.1, 0.15) is 49.4 Å². The third-order valence-corrected chi connectivity index (χ3v) is 3.84. The van der Waals surface area contributed by atoms with E-state index in [1.807, 2.05) is 6.07 Å². The topological polar surface area (TPSA) is 26.3 Å². The van der Waals surface area contributed by atoms with Crippen molar-refractivity contribution in [3.63, 3.8) is 0 Å². The Morgan fingerprint density at radius 2 is 2.06 bits per heavy atom. The van der Waals surface area contributed by atoms with E-state index < -0.39 is 0 Å². The molecule has 0 radical (unpaired) electrons. The third kappa shape index (κ3) is 3.49. The van der Waals surface area contributed by atoms with Crippen molar-refractivity contribution in [2.24, 2.45) is 5.92 Å². The number of rotatable bonds is 4. The number of ether oxygens (including phenoxy) is 1. The SMILES string of the molecule is CC(=O)c1ccc(OCC2CCCCC2)cc1Cl. The molecule has 1 fully saturated rings. The van der Waals surface area contributed by atoms with Crippen LogP contribution < -0.4 is 4.74 Å². The summed E-state index contributed by atoms with van der Waals surface area (Å²) in [5, 5.41) is 0.476. The van der Waals surface area contributed by atoms with Crippen molar-refractivity contribution in [1.29, 1.82) is 0 Å². The van der Waals surface area contributed by atoms with Crippen LogP contribution in [-0.4, -0.2) is 12.4 Å². The Balaban J connectivity index is 1.93. The summed E-state index contributed by atoms with van der Waals surface area (Å²) >= 11 is 6.05. The minimum absolute atomic E-state index is 0.0150. The molecule has 1 saturated carbocycles. The van der Waals surface area contributed by atoms with Crippen LogP contribution in [0, 0.1) is 5.92 Å². The second-order valence-electron chi connectivity index (χ2n) is 5.01. The Morgan fingerprint density at radius 3 is 2.67 bits per heavy atom. The molecule has 1 aromatic rings. The predicted molar refractivity (Wildman–Crippen MR) is 73.5 cm³/mol. The summed E-state index contributed by atoms with van der Waals surface area (Å²) in [6.07, 6.45) is 6.52. The highest BCUT2D eigenvalue weighted by molar-refractivity contribution is 6.34. The summed E-state index contributed by atoms with van der Waals surface area (Å²) in [5.41, 5.74) is 0.557. The molecule has 1 aromatic carbocycles. The van der Waals surface area contributed by atoms with Crippen LogP contribution in [0.2, 0.25) is 5.02 Å². The van der Waals surface area contributed by atoms with E-state index in [1.54, 1.807) is 12.1 Å². The normalized spacial score (nSPS) is 16.6. The van der Waals surface area contributed by atoms with E-state index in [1.165, 1.54) is 39.0 Å². The van der Waals surface area contributed by atoms with E-state index in [-0.39, 0.29) is 5.78 Å². The zero-order valence-electron chi connectivity index (χ0n) is 10.7. The molecule has 2 rings (SSSR count). The van der Waals surface area contributed by atoms with Gasteiger partial charge in [0.15, 0.2) is 5.78 Å². The van der Waals surface area contributed by atoms with Crippen molar-refractivity contribution >= 4 is 17.4 Å². The molecule has 0 amide bonds. The summed E-state index contributed by atoms with van der Waals surface area (Å²) in [5.74, 6) is 1.42. The van der Waals surface area contributed by atoms with E-state index >= 15 is 0 Å². The van der Waals surface area contributed by atoms with Gasteiger partial charge in [0.25, 0.3) is 0 Å². The summed E-state index contributed by atoms with van der Waals surface area (Å²) in [7, 11) is 0. The average Bonchev–Trinajstić information content (AvgIpc) is 2.37. The van der Waals surface area contributed by atoms with Gasteiger partial charge in [-0.1, -0.05) is 30.9 Å². The van der Waals surface area contributed by atoms with Gasteiger partial charge in [0.2, 0.25) is 0 Å². The molecule has 0 saturated heterocycles. The van der Waals surface area contributed by atoms with E-state index in [2.05, 4.69) is 0 Å². The summed E-state index contributed by atoms with van der Waals surface area (Å²) in [4.78, 5) is 11.3. The van der Waals surface area contributed by atoms with Gasteiger partial charge in [0.05, 0.1) is 11.6 Å². The quantitative estimate of drug-likeness (QED) is 0.750. The molecule has 98 valence electrons. The molecule has 18 heavy (non-hydrogen) atoms. The van der Waals surface area contributed by atoms with Gasteiger partial charge in [0, 0.05) is 5.56 Å². The monoisotopic (exact) mass is 266 g/mol. The van der Waals surface area contributed by atoms with Crippen molar-refractivity contribution in [1.82, 2.24) is 0 Å². The van der Waals surface area contributed by atoms with Gasteiger partial charge in [-0.05, 0) is 43.9 Å². The molecule has 0 bridgehead atoms. The van der Waals surface area contributed by atoms with Crippen molar-refractivity contribution in [3.8, 4) is 5.75 Å². The first kappa shape index (κ1) is 13.4. The average molecular weight is 267 g/mol. The first-order valence-corrected chi connectivity index (χ1v) is 6.98. The van der Waals surface area contributed by atoms with E-state index in [0.29, 0.717) is 16.5 Å². The highest BCUT2D eigenvalue weighted by atomic mass is 35.5. The highest BCUT2D eigenvalue weighted by Crippen LogP contribution is 2.26. The van der Waals surface area contributed by atoms with Crippen LogP contribution in [0.25, 0.3) is 0 Å². The van der Waals surface area contributed by atoms with Crippen molar-refractivity contribution < 1.29 is 9.53 Å². The molecule has 0 spiro atoms. The molecule has 1 aliphatic rings. The number of carbonyl (C=O) groups excluding carboxylic acids is 1. The number of carbonyl (C=O) groups is 1. The smallest absolute Gasteiger partial charge is 0.161 e. The van der Waals surface area contributed by atoms with Crippen molar-refractivity contribution in [3.05, 3.63) is 28.8 Å². The first-order chi connectivity index (χ1) is 8.66. The minimum Gasteiger partial charge on any atom is -0.493 e. The number of hydrogen-bond acceptors (Lipinski definition) is 2. The Kier molecular flexibility index (Phi) is 4.65. The van der Waals surface area contributed by atoms with E-state index in [9.17, 15) is 4.79 Å². The lowest BCUT2D eigenvalue weighted by Crippen LogP contribution is -2.15. The Bertz CT molecular complexity index is 423. The lowest BCUT2D eigenvalue weighted by molar-refractivity contribution is 0.101. The number of Topliss-reactive ketones (excluding diaryl/α,β-unsaturated/α-hetero) is 1. The molecule has 0 aromatic heterocycles. The van der Waals surface area contributed by atoms with Crippen molar-refractivity contribution in [2.45, 2.75) is 39.0 Å². The molecule has 2 nitrogen and oxygen atoms in total. The zero-order chi connectivity index (χ0) is 13.0. The van der Waals surface area contributed by atoms with Gasteiger partial charge >= 0.3 is 0 Å². The molecule has 0 atom stereocenters. The van der Waals surface area contributed by atoms with Crippen LogP contribution in [0.3, 0.4) is 0 Å². The van der Waals surface area contributed by atoms with Gasteiger partial charge in [-0.3, -0.25) is 4.79 Å². The van der Waals surface area contributed by atoms with E-state index in [4.69, 9.17) is 16.3 Å². The molecule has 3 heteroatoms. The van der Waals surface area contributed by atoms with Gasteiger partial charge in [-0.15, -0.1) is 0 Å². The Labute approximate surface area is 113 Å². The fourth-order valence-corrected chi connectivity index (χ4v) is 2.74. The van der Waals surface area contributed by atoms with Crippen LogP contribution in [-0.2, 0) is 0 Å². The predicted octanol–water partition coefficient (Wildman–Crippen LogP) is 4.50. The number of halogens is 1. The molecule has 1 aliphatic carbocycles. The van der Waals surface area contributed by atoms with Crippen LogP contribution in [0.4, 0.5) is 0 Å². The zero-order valence-corrected chi connectivity index (χ0v) is 11.5. The molecular formula is C15H19ClO2. The highest BCUT2D eigenvalue weighted by Gasteiger charge is 2.14. The van der Waals surface area contributed by atoms with Crippen LogP contribution in [0.5, 0.6) is 5.75 Å². The summed E-state index contributed by atoms with van der Waals surface area (Å²) in [6.45, 7) is 2.28. The third-order valence-electron chi connectivity index (χ3n) is 3.53. The lowest BCUT2D eigenvalue weighted by Gasteiger charge is -2.21. The van der Waals surface area contributed by atoms with Gasteiger partial charge in [0.1, 0.15) is 5.75 Å². The minimum atomic E-state index is -0.0150. The molecule has 0 N–H and O–H groups in total. The lowest BCUT2D eigenvalue weighted by atomic mass is 9.90. The number of ketones is 1. The standard InChI is InChI=1S/C15H19ClO2/c1-11(17)14-8-7-13(9-15(14)16)18-10-12-5-3-2-4-6-12/h7-9,12H,2-6,10H2,1H3. The summed E-state index contributed by atoms with van der Waals surface area (Å²) in [6, 6.07) is 5.30. The molecular weight excluding hydrogens is 248 g/mol. The summed E-state index contributed by atoms with van der Waals surface area (Å²) < 4.78 is 5.77. The van der Waals surface area contributed by atoms with Crippen LogP contribution in [0.15, 0.2) is 18.2 Å². The number of hydrogen-bond donors (Lipinski definition) is 0. The van der Waals surface area contributed by atoms with E-state index in [0.717, 1.165) is 12.4 Å².